The quantitative estimate of drug-likeness (QED) is 0.307. The maximum atomic E-state index is 14.2. The SMILES string of the molecule is CCCCOc1noc2c1C(=O)[C@@]1(O[Si](C)(C)C(C)(C)C)C(=O)C=CCC1[C@@H]2N(C)CC. The molecule has 0 aromatic carbocycles. The second-order valence-electron chi connectivity index (χ2n) is 10.5. The van der Waals surface area contributed by atoms with Crippen LogP contribution in [-0.4, -0.2) is 55.7 Å². The summed E-state index contributed by atoms with van der Waals surface area (Å²) in [7, 11) is -0.527. The fourth-order valence-corrected chi connectivity index (χ4v) is 5.79. The molecule has 1 unspecified atom stereocenters. The summed E-state index contributed by atoms with van der Waals surface area (Å²) < 4.78 is 18.4. The van der Waals surface area contributed by atoms with Crippen LogP contribution in [-0.2, 0) is 9.22 Å². The largest absolute Gasteiger partial charge is 0.475 e. The summed E-state index contributed by atoms with van der Waals surface area (Å²) in [6, 6.07) is -0.317. The van der Waals surface area contributed by atoms with Crippen molar-refractivity contribution >= 4 is 19.9 Å². The van der Waals surface area contributed by atoms with Gasteiger partial charge >= 0.3 is 0 Å². The zero-order valence-electron chi connectivity index (χ0n) is 20.8. The van der Waals surface area contributed by atoms with Gasteiger partial charge in [0.15, 0.2) is 25.5 Å². The number of unbranched alkanes of at least 4 members (excludes halogenated alkanes) is 1. The number of rotatable bonds is 8. The van der Waals surface area contributed by atoms with Gasteiger partial charge in [0.25, 0.3) is 5.88 Å². The number of ether oxygens (including phenoxy) is 1. The Hall–Kier alpha value is -1.77. The number of carbonyl (C=O) groups excluding carboxylic acids is 2. The van der Waals surface area contributed by atoms with Gasteiger partial charge in [0.05, 0.1) is 12.6 Å². The number of allylic oxidation sites excluding steroid dienone is 1. The summed E-state index contributed by atoms with van der Waals surface area (Å²) in [5.74, 6) is -0.398. The number of aromatic nitrogens is 1. The zero-order chi connectivity index (χ0) is 23.9. The monoisotopic (exact) mass is 462 g/mol. The van der Waals surface area contributed by atoms with E-state index in [9.17, 15) is 9.59 Å². The number of hydrogen-bond acceptors (Lipinski definition) is 7. The van der Waals surface area contributed by atoms with Crippen molar-refractivity contribution in [3.05, 3.63) is 23.5 Å². The first-order valence-corrected chi connectivity index (χ1v) is 14.6. The normalized spacial score (nSPS) is 25.8. The highest BCUT2D eigenvalue weighted by atomic mass is 28.4. The minimum Gasteiger partial charge on any atom is -0.475 e. The van der Waals surface area contributed by atoms with Gasteiger partial charge in [-0.05, 0) is 55.8 Å². The van der Waals surface area contributed by atoms with Gasteiger partial charge in [0, 0.05) is 5.92 Å². The van der Waals surface area contributed by atoms with Crippen LogP contribution < -0.4 is 4.74 Å². The number of nitrogens with zero attached hydrogens (tertiary/aromatic N) is 2. The molecule has 2 aliphatic carbocycles. The minimum absolute atomic E-state index is 0.171. The van der Waals surface area contributed by atoms with E-state index in [4.69, 9.17) is 13.7 Å². The molecule has 0 saturated carbocycles. The molecule has 0 saturated heterocycles. The molecule has 32 heavy (non-hydrogen) atoms. The lowest BCUT2D eigenvalue weighted by atomic mass is 9.65. The van der Waals surface area contributed by atoms with Crippen LogP contribution in [0.25, 0.3) is 0 Å². The number of ketones is 2. The van der Waals surface area contributed by atoms with E-state index in [1.54, 1.807) is 0 Å². The number of carbonyl (C=O) groups is 2. The Morgan fingerprint density at radius 1 is 1.28 bits per heavy atom. The molecule has 1 heterocycles. The summed E-state index contributed by atoms with van der Waals surface area (Å²) in [5, 5.41) is 3.95. The molecular formula is C24H38N2O5Si. The van der Waals surface area contributed by atoms with Gasteiger partial charge in [-0.3, -0.25) is 14.5 Å². The summed E-state index contributed by atoms with van der Waals surface area (Å²) in [6.45, 7) is 15.8. The first kappa shape index (κ1) is 24.9. The van der Waals surface area contributed by atoms with Crippen molar-refractivity contribution in [3.8, 4) is 5.88 Å². The minimum atomic E-state index is -2.50. The first-order chi connectivity index (χ1) is 14.9. The second-order valence-corrected chi connectivity index (χ2v) is 15.2. The van der Waals surface area contributed by atoms with Crippen LogP contribution in [0.15, 0.2) is 16.7 Å². The molecule has 7 nitrogen and oxygen atoms in total. The Balaban J connectivity index is 2.22. The van der Waals surface area contributed by atoms with Crippen molar-refractivity contribution in [1.82, 2.24) is 10.1 Å². The van der Waals surface area contributed by atoms with Crippen molar-refractivity contribution in [2.24, 2.45) is 5.92 Å². The summed E-state index contributed by atoms with van der Waals surface area (Å²) in [4.78, 5) is 29.9. The summed E-state index contributed by atoms with van der Waals surface area (Å²) in [5.41, 5.74) is -1.32. The molecule has 3 atom stereocenters. The third kappa shape index (κ3) is 3.90. The van der Waals surface area contributed by atoms with Crippen molar-refractivity contribution < 1.29 is 23.3 Å². The molecule has 0 bridgehead atoms. The highest BCUT2D eigenvalue weighted by molar-refractivity contribution is 6.74. The van der Waals surface area contributed by atoms with Crippen LogP contribution in [0.3, 0.4) is 0 Å². The molecule has 8 heteroatoms. The topological polar surface area (TPSA) is 81.9 Å². The van der Waals surface area contributed by atoms with Gasteiger partial charge in [0.1, 0.15) is 5.56 Å². The van der Waals surface area contributed by atoms with Gasteiger partial charge < -0.3 is 13.7 Å². The highest BCUT2D eigenvalue weighted by Gasteiger charge is 2.65. The van der Waals surface area contributed by atoms with Crippen molar-refractivity contribution in [2.75, 3.05) is 20.2 Å². The maximum absolute atomic E-state index is 14.2. The lowest BCUT2D eigenvalue weighted by Gasteiger charge is -2.52. The third-order valence-electron chi connectivity index (χ3n) is 7.38. The smallest absolute Gasteiger partial charge is 0.265 e. The fourth-order valence-electron chi connectivity index (χ4n) is 4.34. The molecule has 2 aliphatic rings. The van der Waals surface area contributed by atoms with Gasteiger partial charge in [-0.15, -0.1) is 0 Å². The average Bonchev–Trinajstić information content (AvgIpc) is 3.12. The van der Waals surface area contributed by atoms with Crippen LogP contribution in [0.1, 0.15) is 76.0 Å². The van der Waals surface area contributed by atoms with E-state index in [-0.39, 0.29) is 34.1 Å². The van der Waals surface area contributed by atoms with Crippen LogP contribution in [0.2, 0.25) is 18.1 Å². The standard InChI is InChI=1S/C24H38N2O5Si/c1-9-11-15-29-22-18-20(30-25-22)19(26(6)10-2)16-13-12-14-17(27)24(16,21(18)28)31-32(7,8)23(3,4)5/h12,14,16,19H,9-11,13,15H2,1-8H3/t16?,19-,24-/m0/s1. The Kier molecular flexibility index (Phi) is 6.89. The number of hydrogen-bond donors (Lipinski definition) is 0. The maximum Gasteiger partial charge on any atom is 0.265 e. The Labute approximate surface area is 192 Å². The van der Waals surface area contributed by atoms with E-state index >= 15 is 0 Å². The second kappa shape index (κ2) is 8.87. The third-order valence-corrected chi connectivity index (χ3v) is 11.8. The lowest BCUT2D eigenvalue weighted by Crippen LogP contribution is -2.66. The van der Waals surface area contributed by atoms with Crippen molar-refractivity contribution in [3.63, 3.8) is 0 Å². The van der Waals surface area contributed by atoms with E-state index in [1.807, 2.05) is 20.0 Å². The molecule has 0 aliphatic heterocycles. The van der Waals surface area contributed by atoms with Crippen LogP contribution in [0.5, 0.6) is 5.88 Å². The number of Topliss-reactive ketones (excluding diaryl/α,β-unsaturated/α-hetero) is 1. The van der Waals surface area contributed by atoms with Gasteiger partial charge in [0.2, 0.25) is 5.78 Å². The van der Waals surface area contributed by atoms with E-state index < -0.39 is 19.8 Å². The molecule has 0 amide bonds. The predicted octanol–water partition coefficient (Wildman–Crippen LogP) is 4.95. The molecule has 178 valence electrons. The van der Waals surface area contributed by atoms with E-state index in [1.165, 1.54) is 6.08 Å². The van der Waals surface area contributed by atoms with Crippen LogP contribution in [0.4, 0.5) is 0 Å². The van der Waals surface area contributed by atoms with E-state index in [0.29, 0.717) is 18.8 Å². The molecule has 1 aromatic rings. The molecule has 0 radical (unpaired) electrons. The van der Waals surface area contributed by atoms with Crippen molar-refractivity contribution in [1.29, 1.82) is 0 Å². The predicted molar refractivity (Wildman–Crippen MR) is 126 cm³/mol. The molecular weight excluding hydrogens is 424 g/mol. The summed E-state index contributed by atoms with van der Waals surface area (Å²) in [6.07, 6.45) is 5.71. The number of fused-ring (bicyclic) bond motifs is 2. The highest BCUT2D eigenvalue weighted by Crippen LogP contribution is 2.53. The zero-order valence-corrected chi connectivity index (χ0v) is 21.8. The van der Waals surface area contributed by atoms with E-state index in [2.05, 4.69) is 50.8 Å². The molecule has 0 spiro atoms. The van der Waals surface area contributed by atoms with Crippen molar-refractivity contribution in [2.45, 2.75) is 83.7 Å². The van der Waals surface area contributed by atoms with Crippen LogP contribution >= 0.6 is 0 Å². The van der Waals surface area contributed by atoms with E-state index in [0.717, 1.165) is 19.4 Å². The van der Waals surface area contributed by atoms with Gasteiger partial charge in [-0.2, -0.15) is 0 Å². The lowest BCUT2D eigenvalue weighted by molar-refractivity contribution is -0.135. The molecule has 0 N–H and O–H groups in total. The van der Waals surface area contributed by atoms with Crippen LogP contribution in [0, 0.1) is 5.92 Å². The fraction of sp³-hybridized carbons (Fsp3) is 0.708. The Morgan fingerprint density at radius 3 is 2.56 bits per heavy atom. The summed E-state index contributed by atoms with van der Waals surface area (Å²) >= 11 is 0. The van der Waals surface area contributed by atoms with Gasteiger partial charge in [-0.1, -0.05) is 47.1 Å². The first-order valence-electron chi connectivity index (χ1n) is 11.7. The van der Waals surface area contributed by atoms with Gasteiger partial charge in [-0.25, -0.2) is 0 Å². The Morgan fingerprint density at radius 2 is 1.97 bits per heavy atom. The molecule has 1 aromatic heterocycles. The molecule has 3 rings (SSSR count). The average molecular weight is 463 g/mol. The Bertz CT molecular complexity index is 901. The molecule has 0 fully saturated rings.